The van der Waals surface area contributed by atoms with Crippen LogP contribution < -0.4 is 5.73 Å². The molecule has 2 fully saturated rings. The number of nitrogens with zero attached hydrogens (tertiary/aromatic N) is 1. The first kappa shape index (κ1) is 9.89. The average Bonchev–Trinajstić information content (AvgIpc) is 2.88. The number of hydroxylamine groups is 2. The summed E-state index contributed by atoms with van der Waals surface area (Å²) in [5.74, 6) is -0.0431. The monoisotopic (exact) mass is 200 g/mol. The Labute approximate surface area is 83.1 Å². The van der Waals surface area contributed by atoms with Gasteiger partial charge in [0.05, 0.1) is 19.3 Å². The van der Waals surface area contributed by atoms with E-state index in [1.54, 1.807) is 0 Å². The number of carbonyl (C=O) groups excluding carboxylic acids is 1. The molecule has 0 aliphatic carbocycles. The van der Waals surface area contributed by atoms with Gasteiger partial charge in [0, 0.05) is 6.54 Å². The van der Waals surface area contributed by atoms with Gasteiger partial charge in [0.15, 0.2) is 0 Å². The summed E-state index contributed by atoms with van der Waals surface area (Å²) in [6.45, 7) is 1.81. The van der Waals surface area contributed by atoms with Crippen LogP contribution in [0.2, 0.25) is 0 Å². The van der Waals surface area contributed by atoms with E-state index in [0.29, 0.717) is 19.7 Å². The van der Waals surface area contributed by atoms with Crippen LogP contribution in [0.3, 0.4) is 0 Å². The Morgan fingerprint density at radius 1 is 1.50 bits per heavy atom. The van der Waals surface area contributed by atoms with Crippen LogP contribution in [0, 0.1) is 0 Å². The van der Waals surface area contributed by atoms with Crippen LogP contribution >= 0.6 is 0 Å². The third-order valence-electron chi connectivity index (χ3n) is 2.64. The maximum atomic E-state index is 11.7. The molecule has 14 heavy (non-hydrogen) atoms. The molecular formula is C9H16N2O3. The normalized spacial score (nSPS) is 32.5. The highest BCUT2D eigenvalue weighted by Crippen LogP contribution is 2.21. The first-order valence-electron chi connectivity index (χ1n) is 5.11. The summed E-state index contributed by atoms with van der Waals surface area (Å²) < 4.78 is 5.49. The Hall–Kier alpha value is -0.650. The highest BCUT2D eigenvalue weighted by atomic mass is 16.7. The van der Waals surface area contributed by atoms with Crippen molar-refractivity contribution >= 4 is 5.91 Å². The van der Waals surface area contributed by atoms with Crippen molar-refractivity contribution in [2.24, 2.45) is 5.73 Å². The molecule has 0 aromatic rings. The quantitative estimate of drug-likeness (QED) is 0.662. The third kappa shape index (κ3) is 1.89. The van der Waals surface area contributed by atoms with E-state index in [1.807, 2.05) is 0 Å². The van der Waals surface area contributed by atoms with Crippen molar-refractivity contribution in [3.63, 3.8) is 0 Å². The average molecular weight is 200 g/mol. The standard InChI is InChI=1S/C9H16N2O3/c10-6-7-2-3-8(14-7)9(12)11-4-1-5-13-11/h7-8H,1-6,10H2. The van der Waals surface area contributed by atoms with Crippen LogP contribution in [0.4, 0.5) is 0 Å². The Morgan fingerprint density at radius 2 is 2.36 bits per heavy atom. The molecule has 0 saturated carbocycles. The maximum Gasteiger partial charge on any atom is 0.275 e. The molecule has 0 radical (unpaired) electrons. The van der Waals surface area contributed by atoms with E-state index in [-0.39, 0.29) is 18.1 Å². The van der Waals surface area contributed by atoms with Gasteiger partial charge in [0.25, 0.3) is 5.91 Å². The molecule has 2 N–H and O–H groups in total. The van der Waals surface area contributed by atoms with Crippen LogP contribution in [0.25, 0.3) is 0 Å². The molecule has 2 heterocycles. The zero-order chi connectivity index (χ0) is 9.97. The van der Waals surface area contributed by atoms with E-state index < -0.39 is 0 Å². The van der Waals surface area contributed by atoms with E-state index in [4.69, 9.17) is 15.3 Å². The Bertz CT molecular complexity index is 216. The van der Waals surface area contributed by atoms with Crippen molar-refractivity contribution in [3.8, 4) is 0 Å². The highest BCUT2D eigenvalue weighted by molar-refractivity contribution is 5.80. The van der Waals surface area contributed by atoms with Crippen molar-refractivity contribution in [2.75, 3.05) is 19.7 Å². The fourth-order valence-electron chi connectivity index (χ4n) is 1.84. The number of rotatable bonds is 2. The van der Waals surface area contributed by atoms with Gasteiger partial charge in [-0.2, -0.15) is 0 Å². The molecule has 0 spiro atoms. The van der Waals surface area contributed by atoms with E-state index in [1.165, 1.54) is 5.06 Å². The lowest BCUT2D eigenvalue weighted by atomic mass is 10.2. The molecule has 2 aliphatic rings. The van der Waals surface area contributed by atoms with Crippen molar-refractivity contribution in [2.45, 2.75) is 31.5 Å². The maximum absolute atomic E-state index is 11.7. The molecule has 2 unspecified atom stereocenters. The lowest BCUT2D eigenvalue weighted by molar-refractivity contribution is -0.179. The van der Waals surface area contributed by atoms with Gasteiger partial charge in [0.1, 0.15) is 6.10 Å². The van der Waals surface area contributed by atoms with Gasteiger partial charge in [-0.3, -0.25) is 9.63 Å². The fourth-order valence-corrected chi connectivity index (χ4v) is 1.84. The number of hydrogen-bond acceptors (Lipinski definition) is 4. The zero-order valence-corrected chi connectivity index (χ0v) is 8.15. The molecule has 0 bridgehead atoms. The summed E-state index contributed by atoms with van der Waals surface area (Å²) in [7, 11) is 0. The van der Waals surface area contributed by atoms with Crippen LogP contribution in [0.1, 0.15) is 19.3 Å². The SMILES string of the molecule is NCC1CCC(C(=O)N2CCCO2)O1. The lowest BCUT2D eigenvalue weighted by Crippen LogP contribution is -2.37. The molecule has 1 amide bonds. The minimum Gasteiger partial charge on any atom is -0.364 e. The first-order valence-corrected chi connectivity index (χ1v) is 5.11. The lowest BCUT2D eigenvalue weighted by Gasteiger charge is -2.18. The molecule has 5 heteroatoms. The molecule has 2 saturated heterocycles. The molecule has 2 aliphatic heterocycles. The first-order chi connectivity index (χ1) is 6.81. The van der Waals surface area contributed by atoms with Gasteiger partial charge in [0.2, 0.25) is 0 Å². The topological polar surface area (TPSA) is 64.8 Å². The van der Waals surface area contributed by atoms with E-state index in [2.05, 4.69) is 0 Å². The second kappa shape index (κ2) is 4.25. The van der Waals surface area contributed by atoms with Gasteiger partial charge in [-0.25, -0.2) is 5.06 Å². The van der Waals surface area contributed by atoms with Gasteiger partial charge in [-0.15, -0.1) is 0 Å². The number of nitrogens with two attached hydrogens (primary N) is 1. The number of ether oxygens (including phenoxy) is 1. The molecule has 0 aromatic heterocycles. The van der Waals surface area contributed by atoms with Crippen molar-refractivity contribution < 1.29 is 14.4 Å². The molecule has 80 valence electrons. The predicted molar refractivity (Wildman–Crippen MR) is 49.2 cm³/mol. The van der Waals surface area contributed by atoms with E-state index in [0.717, 1.165) is 19.3 Å². The third-order valence-corrected chi connectivity index (χ3v) is 2.64. The summed E-state index contributed by atoms with van der Waals surface area (Å²) >= 11 is 0. The molecular weight excluding hydrogens is 184 g/mol. The van der Waals surface area contributed by atoms with E-state index in [9.17, 15) is 4.79 Å². The van der Waals surface area contributed by atoms with Crippen LogP contribution in [-0.2, 0) is 14.4 Å². The van der Waals surface area contributed by atoms with E-state index >= 15 is 0 Å². The van der Waals surface area contributed by atoms with Gasteiger partial charge in [-0.05, 0) is 19.3 Å². The summed E-state index contributed by atoms with van der Waals surface area (Å²) in [4.78, 5) is 16.9. The predicted octanol–water partition coefficient (Wildman–Crippen LogP) is -0.343. The minimum atomic E-state index is -0.332. The molecule has 0 aromatic carbocycles. The summed E-state index contributed by atoms with van der Waals surface area (Å²) in [6.07, 6.45) is 2.27. The van der Waals surface area contributed by atoms with Crippen LogP contribution in [0.5, 0.6) is 0 Å². The summed E-state index contributed by atoms with van der Waals surface area (Å²) in [6, 6.07) is 0. The molecule has 2 atom stereocenters. The number of carbonyl (C=O) groups is 1. The Morgan fingerprint density at radius 3 is 2.93 bits per heavy atom. The smallest absolute Gasteiger partial charge is 0.275 e. The number of hydrogen-bond donors (Lipinski definition) is 1. The zero-order valence-electron chi connectivity index (χ0n) is 8.15. The second-order valence-electron chi connectivity index (χ2n) is 3.69. The molecule has 5 nitrogen and oxygen atoms in total. The fraction of sp³-hybridized carbons (Fsp3) is 0.889. The van der Waals surface area contributed by atoms with Gasteiger partial charge in [-0.1, -0.05) is 0 Å². The van der Waals surface area contributed by atoms with Crippen molar-refractivity contribution in [3.05, 3.63) is 0 Å². The minimum absolute atomic E-state index is 0.0431. The largest absolute Gasteiger partial charge is 0.364 e. The van der Waals surface area contributed by atoms with Crippen molar-refractivity contribution in [1.82, 2.24) is 5.06 Å². The highest BCUT2D eigenvalue weighted by Gasteiger charge is 2.34. The van der Waals surface area contributed by atoms with Crippen molar-refractivity contribution in [1.29, 1.82) is 0 Å². The van der Waals surface area contributed by atoms with Crippen LogP contribution in [-0.4, -0.2) is 42.9 Å². The Kier molecular flexibility index (Phi) is 3.00. The molecule has 2 rings (SSSR count). The summed E-state index contributed by atoms with van der Waals surface area (Å²) in [5.41, 5.74) is 5.47. The second-order valence-corrected chi connectivity index (χ2v) is 3.69. The Balaban J connectivity index is 1.86. The van der Waals surface area contributed by atoms with Gasteiger partial charge >= 0.3 is 0 Å². The number of amides is 1. The summed E-state index contributed by atoms with van der Waals surface area (Å²) in [5, 5.41) is 1.42. The van der Waals surface area contributed by atoms with Crippen LogP contribution in [0.15, 0.2) is 0 Å². The van der Waals surface area contributed by atoms with Gasteiger partial charge < -0.3 is 10.5 Å².